The van der Waals surface area contributed by atoms with E-state index in [4.69, 9.17) is 0 Å². The summed E-state index contributed by atoms with van der Waals surface area (Å²) in [6.07, 6.45) is 7.20. The summed E-state index contributed by atoms with van der Waals surface area (Å²) in [5, 5.41) is 11.8. The summed E-state index contributed by atoms with van der Waals surface area (Å²) < 4.78 is 1.78. The molecular weight excluding hydrogens is 226 g/mol. The SMILES string of the molecule is CCCN(Cc1cn(C)nn1)CC1CCCCN1. The normalized spacial score (nSPS) is 20.5. The van der Waals surface area contributed by atoms with Gasteiger partial charge in [0.15, 0.2) is 0 Å². The second-order valence-corrected chi connectivity index (χ2v) is 5.27. The fourth-order valence-corrected chi connectivity index (χ4v) is 2.64. The van der Waals surface area contributed by atoms with Gasteiger partial charge in [0.1, 0.15) is 0 Å². The van der Waals surface area contributed by atoms with Crippen LogP contribution in [0.2, 0.25) is 0 Å². The van der Waals surface area contributed by atoms with Crippen LogP contribution in [-0.4, -0.2) is 45.6 Å². The maximum Gasteiger partial charge on any atom is 0.0967 e. The van der Waals surface area contributed by atoms with Crippen molar-refractivity contribution in [3.8, 4) is 0 Å². The molecular formula is C13H25N5. The second kappa shape index (κ2) is 6.85. The lowest BCUT2D eigenvalue weighted by Crippen LogP contribution is -2.43. The van der Waals surface area contributed by atoms with E-state index in [0.717, 1.165) is 25.3 Å². The Hall–Kier alpha value is -0.940. The molecule has 1 saturated heterocycles. The third-order valence-electron chi connectivity index (χ3n) is 3.47. The van der Waals surface area contributed by atoms with E-state index in [9.17, 15) is 0 Å². The van der Waals surface area contributed by atoms with E-state index < -0.39 is 0 Å². The first-order valence-corrected chi connectivity index (χ1v) is 7.09. The zero-order chi connectivity index (χ0) is 12.8. The molecule has 2 rings (SSSR count). The number of hydrogen-bond acceptors (Lipinski definition) is 4. The molecule has 1 fully saturated rings. The molecule has 1 atom stereocenters. The Morgan fingerprint density at radius 2 is 2.39 bits per heavy atom. The molecule has 0 aliphatic carbocycles. The summed E-state index contributed by atoms with van der Waals surface area (Å²) >= 11 is 0. The minimum Gasteiger partial charge on any atom is -0.313 e. The van der Waals surface area contributed by atoms with Gasteiger partial charge in [-0.25, -0.2) is 0 Å². The van der Waals surface area contributed by atoms with E-state index >= 15 is 0 Å². The minimum atomic E-state index is 0.655. The van der Waals surface area contributed by atoms with Crippen LogP contribution in [0.4, 0.5) is 0 Å². The molecule has 102 valence electrons. The van der Waals surface area contributed by atoms with E-state index in [2.05, 4.69) is 27.5 Å². The van der Waals surface area contributed by atoms with Gasteiger partial charge in [-0.05, 0) is 32.4 Å². The standard InChI is InChI=1S/C13H25N5/c1-3-8-18(10-12-6-4-5-7-14-12)11-13-9-17(2)16-15-13/h9,12,14H,3-8,10-11H2,1-2H3. The smallest absolute Gasteiger partial charge is 0.0967 e. The maximum atomic E-state index is 4.18. The summed E-state index contributed by atoms with van der Waals surface area (Å²) in [7, 11) is 1.92. The van der Waals surface area contributed by atoms with Crippen molar-refractivity contribution >= 4 is 0 Å². The number of piperidine rings is 1. The van der Waals surface area contributed by atoms with Gasteiger partial charge in [-0.3, -0.25) is 9.58 Å². The van der Waals surface area contributed by atoms with Gasteiger partial charge in [-0.2, -0.15) is 0 Å². The molecule has 1 unspecified atom stereocenters. The number of hydrogen-bond donors (Lipinski definition) is 1. The van der Waals surface area contributed by atoms with Gasteiger partial charge in [0.2, 0.25) is 0 Å². The lowest BCUT2D eigenvalue weighted by atomic mass is 10.0. The van der Waals surface area contributed by atoms with Crippen molar-refractivity contribution in [2.24, 2.45) is 7.05 Å². The first-order valence-electron chi connectivity index (χ1n) is 7.09. The zero-order valence-electron chi connectivity index (χ0n) is 11.6. The highest BCUT2D eigenvalue weighted by Crippen LogP contribution is 2.10. The van der Waals surface area contributed by atoms with Crippen molar-refractivity contribution in [2.45, 2.75) is 45.2 Å². The Balaban J connectivity index is 1.86. The third-order valence-corrected chi connectivity index (χ3v) is 3.47. The van der Waals surface area contributed by atoms with Crippen molar-refractivity contribution in [1.82, 2.24) is 25.2 Å². The average Bonchev–Trinajstić information content (AvgIpc) is 2.76. The van der Waals surface area contributed by atoms with E-state index in [-0.39, 0.29) is 0 Å². The van der Waals surface area contributed by atoms with E-state index in [1.165, 1.54) is 32.2 Å². The lowest BCUT2D eigenvalue weighted by Gasteiger charge is -2.29. The fraction of sp³-hybridized carbons (Fsp3) is 0.846. The van der Waals surface area contributed by atoms with Crippen molar-refractivity contribution < 1.29 is 0 Å². The molecule has 5 heteroatoms. The largest absolute Gasteiger partial charge is 0.313 e. The van der Waals surface area contributed by atoms with Gasteiger partial charge in [-0.1, -0.05) is 18.6 Å². The number of rotatable bonds is 6. The van der Waals surface area contributed by atoms with E-state index in [1.54, 1.807) is 4.68 Å². The predicted molar refractivity (Wildman–Crippen MR) is 72.2 cm³/mol. The van der Waals surface area contributed by atoms with Crippen LogP contribution >= 0.6 is 0 Å². The maximum absolute atomic E-state index is 4.18. The van der Waals surface area contributed by atoms with Crippen LogP contribution in [0, 0.1) is 0 Å². The molecule has 5 nitrogen and oxygen atoms in total. The van der Waals surface area contributed by atoms with Crippen molar-refractivity contribution in [3.05, 3.63) is 11.9 Å². The Labute approximate surface area is 110 Å². The van der Waals surface area contributed by atoms with Gasteiger partial charge < -0.3 is 5.32 Å². The highest BCUT2D eigenvalue weighted by atomic mass is 15.4. The van der Waals surface area contributed by atoms with E-state index in [0.29, 0.717) is 6.04 Å². The Kier molecular flexibility index (Phi) is 5.13. The molecule has 0 saturated carbocycles. The van der Waals surface area contributed by atoms with Crippen LogP contribution in [0.1, 0.15) is 38.3 Å². The molecule has 1 aliphatic heterocycles. The summed E-state index contributed by atoms with van der Waals surface area (Å²) in [5.74, 6) is 0. The highest BCUT2D eigenvalue weighted by molar-refractivity contribution is 4.92. The van der Waals surface area contributed by atoms with Crippen molar-refractivity contribution in [2.75, 3.05) is 19.6 Å². The van der Waals surface area contributed by atoms with Gasteiger partial charge in [0.05, 0.1) is 5.69 Å². The number of aromatic nitrogens is 3. The van der Waals surface area contributed by atoms with Crippen LogP contribution in [0.5, 0.6) is 0 Å². The molecule has 2 heterocycles. The Morgan fingerprint density at radius 1 is 1.50 bits per heavy atom. The molecule has 0 spiro atoms. The summed E-state index contributed by atoms with van der Waals surface area (Å²) in [5.41, 5.74) is 1.07. The van der Waals surface area contributed by atoms with Crippen LogP contribution in [0.15, 0.2) is 6.20 Å². The molecule has 1 N–H and O–H groups in total. The van der Waals surface area contributed by atoms with Gasteiger partial charge >= 0.3 is 0 Å². The van der Waals surface area contributed by atoms with Gasteiger partial charge in [0, 0.05) is 32.4 Å². The van der Waals surface area contributed by atoms with Gasteiger partial charge in [0.25, 0.3) is 0 Å². The predicted octanol–water partition coefficient (Wildman–Crippen LogP) is 1.17. The molecule has 0 radical (unpaired) electrons. The Bertz CT molecular complexity index is 343. The first-order chi connectivity index (χ1) is 8.78. The highest BCUT2D eigenvalue weighted by Gasteiger charge is 2.17. The first kappa shape index (κ1) is 13.5. The molecule has 0 amide bonds. The van der Waals surface area contributed by atoms with Crippen LogP contribution in [0.25, 0.3) is 0 Å². The van der Waals surface area contributed by atoms with Crippen molar-refractivity contribution in [1.29, 1.82) is 0 Å². The number of nitrogens with zero attached hydrogens (tertiary/aromatic N) is 4. The van der Waals surface area contributed by atoms with Crippen LogP contribution in [0.3, 0.4) is 0 Å². The van der Waals surface area contributed by atoms with E-state index in [1.807, 2.05) is 13.2 Å². The average molecular weight is 251 g/mol. The summed E-state index contributed by atoms with van der Waals surface area (Å²) in [6, 6.07) is 0.655. The second-order valence-electron chi connectivity index (χ2n) is 5.27. The fourth-order valence-electron chi connectivity index (χ4n) is 2.64. The molecule has 0 aromatic carbocycles. The third kappa shape index (κ3) is 4.07. The van der Waals surface area contributed by atoms with Crippen LogP contribution in [-0.2, 0) is 13.6 Å². The monoisotopic (exact) mass is 251 g/mol. The van der Waals surface area contributed by atoms with Crippen molar-refractivity contribution in [3.63, 3.8) is 0 Å². The summed E-state index contributed by atoms with van der Waals surface area (Å²) in [6.45, 7) is 6.59. The number of nitrogens with one attached hydrogen (secondary N) is 1. The molecule has 1 aliphatic rings. The van der Waals surface area contributed by atoms with Crippen LogP contribution < -0.4 is 5.32 Å². The zero-order valence-corrected chi connectivity index (χ0v) is 11.6. The summed E-state index contributed by atoms with van der Waals surface area (Å²) in [4.78, 5) is 2.49. The molecule has 0 bridgehead atoms. The molecule has 1 aromatic heterocycles. The number of aryl methyl sites for hydroxylation is 1. The Morgan fingerprint density at radius 3 is 3.00 bits per heavy atom. The molecule has 1 aromatic rings. The topological polar surface area (TPSA) is 46.0 Å². The quantitative estimate of drug-likeness (QED) is 0.824. The van der Waals surface area contributed by atoms with Gasteiger partial charge in [-0.15, -0.1) is 5.10 Å². The lowest BCUT2D eigenvalue weighted by molar-refractivity contribution is 0.215. The minimum absolute atomic E-state index is 0.655. The molecule has 18 heavy (non-hydrogen) atoms.